The summed E-state index contributed by atoms with van der Waals surface area (Å²) >= 11 is 0. The lowest BCUT2D eigenvalue weighted by molar-refractivity contribution is 0.171. The Morgan fingerprint density at radius 2 is 1.95 bits per heavy atom. The van der Waals surface area contributed by atoms with Gasteiger partial charge in [0.05, 0.1) is 13.7 Å². The molecule has 0 aliphatic carbocycles. The van der Waals surface area contributed by atoms with Crippen LogP contribution in [0, 0.1) is 5.92 Å². The Balaban J connectivity index is 2.60. The molecule has 114 valence electrons. The van der Waals surface area contributed by atoms with Crippen LogP contribution < -0.4 is 14.8 Å². The molecule has 4 heteroatoms. The van der Waals surface area contributed by atoms with Crippen molar-refractivity contribution in [1.82, 2.24) is 5.32 Å². The molecule has 0 saturated heterocycles. The summed E-state index contributed by atoms with van der Waals surface area (Å²) in [4.78, 5) is 0. The van der Waals surface area contributed by atoms with Crippen LogP contribution in [0.25, 0.3) is 0 Å². The van der Waals surface area contributed by atoms with Gasteiger partial charge in [0.1, 0.15) is 11.5 Å². The molecule has 0 spiro atoms. The first-order valence-corrected chi connectivity index (χ1v) is 7.16. The monoisotopic (exact) mass is 281 g/mol. The summed E-state index contributed by atoms with van der Waals surface area (Å²) in [5, 5.41) is 3.44. The molecule has 0 amide bonds. The van der Waals surface area contributed by atoms with Crippen molar-refractivity contribution >= 4 is 0 Å². The van der Waals surface area contributed by atoms with Crippen molar-refractivity contribution in [3.63, 3.8) is 0 Å². The fourth-order valence-electron chi connectivity index (χ4n) is 1.82. The van der Waals surface area contributed by atoms with Crippen molar-refractivity contribution < 1.29 is 14.2 Å². The summed E-state index contributed by atoms with van der Waals surface area (Å²) in [6.07, 6.45) is 0.882. The number of hydrogen-bond acceptors (Lipinski definition) is 4. The predicted molar refractivity (Wildman–Crippen MR) is 81.5 cm³/mol. The molecule has 0 bridgehead atoms. The van der Waals surface area contributed by atoms with Gasteiger partial charge in [0.2, 0.25) is 0 Å². The van der Waals surface area contributed by atoms with Crippen molar-refractivity contribution in [1.29, 1.82) is 0 Å². The van der Waals surface area contributed by atoms with E-state index in [4.69, 9.17) is 14.2 Å². The van der Waals surface area contributed by atoms with Gasteiger partial charge in [-0.25, -0.2) is 0 Å². The van der Waals surface area contributed by atoms with Gasteiger partial charge in [-0.05, 0) is 18.5 Å². The second-order valence-electron chi connectivity index (χ2n) is 5.19. The molecule has 0 atom stereocenters. The summed E-state index contributed by atoms with van der Waals surface area (Å²) in [5.41, 5.74) is 1.16. The van der Waals surface area contributed by atoms with E-state index in [-0.39, 0.29) is 0 Å². The van der Waals surface area contributed by atoms with E-state index < -0.39 is 0 Å². The number of ether oxygens (including phenoxy) is 3. The molecule has 0 aromatic heterocycles. The third-order valence-electron chi connectivity index (χ3n) is 2.89. The molecular formula is C16H27NO3. The molecule has 0 aliphatic heterocycles. The summed E-state index contributed by atoms with van der Waals surface area (Å²) < 4.78 is 16.1. The van der Waals surface area contributed by atoms with Crippen LogP contribution >= 0.6 is 0 Å². The zero-order chi connectivity index (χ0) is 14.8. The van der Waals surface area contributed by atoms with Gasteiger partial charge < -0.3 is 19.5 Å². The van der Waals surface area contributed by atoms with Crippen LogP contribution in [0.3, 0.4) is 0 Å². The molecular weight excluding hydrogens is 254 g/mol. The molecule has 4 nitrogen and oxygen atoms in total. The fourth-order valence-corrected chi connectivity index (χ4v) is 1.82. The topological polar surface area (TPSA) is 39.7 Å². The van der Waals surface area contributed by atoms with Gasteiger partial charge in [0.25, 0.3) is 0 Å². The van der Waals surface area contributed by atoms with Crippen molar-refractivity contribution in [2.45, 2.75) is 26.8 Å². The van der Waals surface area contributed by atoms with Crippen molar-refractivity contribution in [2.75, 3.05) is 34.0 Å². The molecule has 0 radical (unpaired) electrons. The van der Waals surface area contributed by atoms with Crippen molar-refractivity contribution in [3.8, 4) is 11.5 Å². The maximum absolute atomic E-state index is 5.84. The van der Waals surface area contributed by atoms with Gasteiger partial charge in [0.15, 0.2) is 0 Å². The average Bonchev–Trinajstić information content (AvgIpc) is 2.44. The SMILES string of the molecule is COCCCOc1cc(OC)ccc1CNCC(C)C. The number of hydrogen-bond donors (Lipinski definition) is 1. The van der Waals surface area contributed by atoms with E-state index in [0.717, 1.165) is 36.6 Å². The number of methoxy groups -OCH3 is 2. The highest BCUT2D eigenvalue weighted by molar-refractivity contribution is 5.40. The minimum atomic E-state index is 0.638. The normalized spacial score (nSPS) is 10.8. The van der Waals surface area contributed by atoms with Gasteiger partial charge in [-0.3, -0.25) is 0 Å². The smallest absolute Gasteiger partial charge is 0.127 e. The second-order valence-corrected chi connectivity index (χ2v) is 5.19. The first-order chi connectivity index (χ1) is 9.67. The Hall–Kier alpha value is -1.26. The summed E-state index contributed by atoms with van der Waals surface area (Å²) in [5.74, 6) is 2.34. The third kappa shape index (κ3) is 6.26. The third-order valence-corrected chi connectivity index (χ3v) is 2.89. The lowest BCUT2D eigenvalue weighted by atomic mass is 10.1. The number of benzene rings is 1. The largest absolute Gasteiger partial charge is 0.497 e. The second kappa shape index (κ2) is 9.61. The molecule has 1 aromatic rings. The highest BCUT2D eigenvalue weighted by Gasteiger charge is 2.06. The zero-order valence-electron chi connectivity index (χ0n) is 13.1. The summed E-state index contributed by atoms with van der Waals surface area (Å²) in [6, 6.07) is 5.96. The zero-order valence-corrected chi connectivity index (χ0v) is 13.1. The number of rotatable bonds is 10. The Bertz CT molecular complexity index is 380. The molecule has 0 unspecified atom stereocenters. The molecule has 0 heterocycles. The molecule has 0 fully saturated rings. The first kappa shape index (κ1) is 16.8. The quantitative estimate of drug-likeness (QED) is 0.669. The van der Waals surface area contributed by atoms with E-state index in [9.17, 15) is 0 Å². The van der Waals surface area contributed by atoms with Crippen LogP contribution in [0.1, 0.15) is 25.8 Å². The Kier molecular flexibility index (Phi) is 8.07. The molecule has 1 aromatic carbocycles. The average molecular weight is 281 g/mol. The summed E-state index contributed by atoms with van der Waals surface area (Å²) in [6.45, 7) is 7.56. The summed E-state index contributed by atoms with van der Waals surface area (Å²) in [7, 11) is 3.37. The van der Waals surface area contributed by atoms with Gasteiger partial charge in [-0.15, -0.1) is 0 Å². The van der Waals surface area contributed by atoms with Crippen LogP contribution in [0.2, 0.25) is 0 Å². The molecule has 20 heavy (non-hydrogen) atoms. The van der Waals surface area contributed by atoms with Crippen molar-refractivity contribution in [2.24, 2.45) is 5.92 Å². The van der Waals surface area contributed by atoms with E-state index in [1.54, 1.807) is 14.2 Å². The van der Waals surface area contributed by atoms with E-state index in [0.29, 0.717) is 19.1 Å². The van der Waals surface area contributed by atoms with Crippen LogP contribution in [0.4, 0.5) is 0 Å². The minimum Gasteiger partial charge on any atom is -0.497 e. The van der Waals surface area contributed by atoms with E-state index in [2.05, 4.69) is 25.2 Å². The van der Waals surface area contributed by atoms with E-state index in [1.807, 2.05) is 12.1 Å². The number of nitrogens with one attached hydrogen (secondary N) is 1. The van der Waals surface area contributed by atoms with Gasteiger partial charge in [-0.1, -0.05) is 19.9 Å². The van der Waals surface area contributed by atoms with E-state index in [1.165, 1.54) is 0 Å². The van der Waals surface area contributed by atoms with Gasteiger partial charge >= 0.3 is 0 Å². The standard InChI is InChI=1S/C16H27NO3/c1-13(2)11-17-12-14-6-7-15(19-4)10-16(14)20-9-5-8-18-3/h6-7,10,13,17H,5,8-9,11-12H2,1-4H3. The Labute approximate surface area is 122 Å². The molecule has 0 saturated carbocycles. The fraction of sp³-hybridized carbons (Fsp3) is 0.625. The van der Waals surface area contributed by atoms with Crippen LogP contribution in [-0.2, 0) is 11.3 Å². The Morgan fingerprint density at radius 1 is 1.15 bits per heavy atom. The predicted octanol–water partition coefficient (Wildman–Crippen LogP) is 2.86. The first-order valence-electron chi connectivity index (χ1n) is 7.16. The van der Waals surface area contributed by atoms with Crippen LogP contribution in [0.5, 0.6) is 11.5 Å². The lowest BCUT2D eigenvalue weighted by Crippen LogP contribution is -2.19. The minimum absolute atomic E-state index is 0.638. The lowest BCUT2D eigenvalue weighted by Gasteiger charge is -2.14. The molecule has 1 N–H and O–H groups in total. The van der Waals surface area contributed by atoms with E-state index >= 15 is 0 Å². The van der Waals surface area contributed by atoms with Crippen molar-refractivity contribution in [3.05, 3.63) is 23.8 Å². The van der Waals surface area contributed by atoms with Gasteiger partial charge in [0, 0.05) is 38.3 Å². The van der Waals surface area contributed by atoms with Gasteiger partial charge in [-0.2, -0.15) is 0 Å². The molecule has 0 aliphatic rings. The maximum Gasteiger partial charge on any atom is 0.127 e. The Morgan fingerprint density at radius 3 is 2.60 bits per heavy atom. The molecule has 1 rings (SSSR count). The highest BCUT2D eigenvalue weighted by atomic mass is 16.5. The van der Waals surface area contributed by atoms with Crippen LogP contribution in [-0.4, -0.2) is 34.0 Å². The maximum atomic E-state index is 5.84. The van der Waals surface area contributed by atoms with Crippen LogP contribution in [0.15, 0.2) is 18.2 Å². The highest BCUT2D eigenvalue weighted by Crippen LogP contribution is 2.25.